The first-order chi connectivity index (χ1) is 17.6. The number of esters is 1. The van der Waals surface area contributed by atoms with Crippen LogP contribution in [0.25, 0.3) is 12.2 Å². The molecule has 2 atom stereocenters. The number of carbonyl (C=O) groups excluding carboxylic acids is 1. The number of fused-ring (bicyclic) bond motifs is 2. The molecule has 0 radical (unpaired) electrons. The highest BCUT2D eigenvalue weighted by Crippen LogP contribution is 2.39. The predicted molar refractivity (Wildman–Crippen MR) is 123 cm³/mol. The Morgan fingerprint density at radius 3 is 1.66 bits per heavy atom. The van der Waals surface area contributed by atoms with Gasteiger partial charge >= 0.3 is 24.3 Å². The highest BCUT2D eigenvalue weighted by molar-refractivity contribution is 5.96. The Morgan fingerprint density at radius 1 is 0.842 bits per heavy atom. The molecule has 0 bridgehead atoms. The van der Waals surface area contributed by atoms with Gasteiger partial charge in [-0.25, -0.2) is 9.59 Å². The molecule has 0 aromatic heterocycles. The fraction of sp³-hybridized carbons (Fsp3) is 0.250. The predicted octanol–water partition coefficient (Wildman–Crippen LogP) is 4.60. The molecule has 2 aromatic rings. The molecule has 0 saturated carbocycles. The van der Waals surface area contributed by atoms with Crippen LogP contribution in [-0.2, 0) is 14.3 Å². The number of anilines is 2. The van der Waals surface area contributed by atoms with Gasteiger partial charge in [0.2, 0.25) is 12.2 Å². The smallest absolute Gasteiger partial charge is 0.430 e. The summed E-state index contributed by atoms with van der Waals surface area (Å²) >= 11 is 0. The Kier molecular flexibility index (Phi) is 7.84. The van der Waals surface area contributed by atoms with Crippen LogP contribution in [0.3, 0.4) is 0 Å². The molecule has 2 aliphatic heterocycles. The van der Waals surface area contributed by atoms with Crippen molar-refractivity contribution in [2.45, 2.75) is 31.5 Å². The lowest BCUT2D eigenvalue weighted by Gasteiger charge is -2.27. The largest absolute Gasteiger partial charge is 0.478 e. The minimum absolute atomic E-state index is 0.0228. The van der Waals surface area contributed by atoms with Crippen molar-refractivity contribution in [1.82, 2.24) is 0 Å². The first kappa shape index (κ1) is 28.2. The number of hydrogen-bond donors (Lipinski definition) is 3. The van der Waals surface area contributed by atoms with Gasteiger partial charge in [0.15, 0.2) is 0 Å². The molecular weight excluding hydrogens is 526 g/mol. The Labute approximate surface area is 211 Å². The zero-order valence-electron chi connectivity index (χ0n) is 19.4. The fourth-order valence-electron chi connectivity index (χ4n) is 3.48. The molecule has 8 nitrogen and oxygen atoms in total. The van der Waals surface area contributed by atoms with Gasteiger partial charge in [-0.15, -0.1) is 0 Å². The van der Waals surface area contributed by atoms with E-state index in [9.17, 15) is 35.9 Å². The van der Waals surface area contributed by atoms with E-state index in [1.165, 1.54) is 43.3 Å². The molecule has 0 spiro atoms. The zero-order valence-corrected chi connectivity index (χ0v) is 19.4. The maximum Gasteiger partial charge on any atom is 0.430 e. The van der Waals surface area contributed by atoms with E-state index in [0.717, 1.165) is 12.2 Å². The van der Waals surface area contributed by atoms with Crippen LogP contribution in [0, 0.1) is 0 Å². The lowest BCUT2D eigenvalue weighted by atomic mass is 10.0. The summed E-state index contributed by atoms with van der Waals surface area (Å²) in [5.74, 6) is -2.75. The molecule has 2 aromatic carbocycles. The van der Waals surface area contributed by atoms with E-state index < -0.39 is 47.6 Å². The van der Waals surface area contributed by atoms with E-state index >= 15 is 0 Å². The molecular formula is C24H20F6N2O6. The first-order valence-corrected chi connectivity index (χ1v) is 10.7. The van der Waals surface area contributed by atoms with Crippen molar-refractivity contribution >= 4 is 35.5 Å². The Morgan fingerprint density at radius 2 is 1.26 bits per heavy atom. The van der Waals surface area contributed by atoms with Crippen molar-refractivity contribution in [3.63, 3.8) is 0 Å². The van der Waals surface area contributed by atoms with Gasteiger partial charge in [0.25, 0.3) is 0 Å². The van der Waals surface area contributed by atoms with Gasteiger partial charge in [0, 0.05) is 22.5 Å². The number of ether oxygens (including phenoxy) is 3. The number of aliphatic carboxylic acids is 1. The molecule has 5 N–H and O–H groups in total. The minimum Gasteiger partial charge on any atom is -0.478 e. The van der Waals surface area contributed by atoms with Crippen LogP contribution in [-0.4, -0.2) is 48.2 Å². The number of nitrogens with two attached hydrogens (primary N) is 2. The van der Waals surface area contributed by atoms with Crippen molar-refractivity contribution in [3.8, 4) is 11.5 Å². The number of halogens is 6. The normalized spacial score (nSPS) is 18.2. The number of benzene rings is 2. The average molecular weight is 546 g/mol. The molecule has 204 valence electrons. The summed E-state index contributed by atoms with van der Waals surface area (Å²) in [5, 5.41) is 8.79. The summed E-state index contributed by atoms with van der Waals surface area (Å²) in [4.78, 5) is 22.5. The maximum atomic E-state index is 13.0. The van der Waals surface area contributed by atoms with Crippen molar-refractivity contribution in [2.75, 3.05) is 18.1 Å². The van der Waals surface area contributed by atoms with Gasteiger partial charge in [-0.3, -0.25) is 0 Å². The van der Waals surface area contributed by atoms with Crippen LogP contribution in [0.1, 0.15) is 18.1 Å². The van der Waals surface area contributed by atoms with E-state index in [-0.39, 0.29) is 23.7 Å². The third kappa shape index (κ3) is 6.30. The Balaban J connectivity index is 0.000000212. The number of alkyl halides is 6. The highest BCUT2D eigenvalue weighted by Gasteiger charge is 2.49. The number of carboxylic acids is 1. The Bertz CT molecular complexity index is 1300. The van der Waals surface area contributed by atoms with Crippen LogP contribution in [0.15, 0.2) is 47.5 Å². The second kappa shape index (κ2) is 10.6. The van der Waals surface area contributed by atoms with Crippen molar-refractivity contribution in [2.24, 2.45) is 0 Å². The SMILES string of the molecule is CCOC(=O)C1=Cc2cc(N)ccc2OC1C(F)(F)F.Nc1ccc2c(c1)C=C(C(=O)O)C(C(F)(F)F)O2. The van der Waals surface area contributed by atoms with Gasteiger partial charge in [-0.05, 0) is 55.5 Å². The Hall–Kier alpha value is -4.36. The monoisotopic (exact) mass is 546 g/mol. The summed E-state index contributed by atoms with van der Waals surface area (Å²) in [6.45, 7) is 1.49. The number of hydrogen-bond acceptors (Lipinski definition) is 7. The molecule has 2 aliphatic rings. The second-order valence-corrected chi connectivity index (χ2v) is 7.90. The third-order valence-corrected chi connectivity index (χ3v) is 5.10. The third-order valence-electron chi connectivity index (χ3n) is 5.10. The van der Waals surface area contributed by atoms with E-state index in [0.29, 0.717) is 16.9 Å². The van der Waals surface area contributed by atoms with Crippen LogP contribution in [0.2, 0.25) is 0 Å². The van der Waals surface area contributed by atoms with Gasteiger partial charge < -0.3 is 30.8 Å². The molecule has 4 rings (SSSR count). The van der Waals surface area contributed by atoms with Crippen molar-refractivity contribution in [3.05, 3.63) is 58.7 Å². The van der Waals surface area contributed by atoms with Crippen LogP contribution in [0.5, 0.6) is 11.5 Å². The molecule has 0 fully saturated rings. The van der Waals surface area contributed by atoms with E-state index in [1.807, 2.05) is 0 Å². The van der Waals surface area contributed by atoms with E-state index in [1.54, 1.807) is 0 Å². The molecule has 0 saturated heterocycles. The van der Waals surface area contributed by atoms with Gasteiger partial charge in [-0.2, -0.15) is 26.3 Å². The van der Waals surface area contributed by atoms with E-state index in [4.69, 9.17) is 26.0 Å². The molecule has 38 heavy (non-hydrogen) atoms. The topological polar surface area (TPSA) is 134 Å². The van der Waals surface area contributed by atoms with Gasteiger partial charge in [0.05, 0.1) is 17.8 Å². The molecule has 14 heteroatoms. The lowest BCUT2D eigenvalue weighted by Crippen LogP contribution is -2.40. The minimum atomic E-state index is -4.79. The first-order valence-electron chi connectivity index (χ1n) is 10.7. The number of nitrogen functional groups attached to an aromatic ring is 2. The van der Waals surface area contributed by atoms with Crippen molar-refractivity contribution < 1.29 is 55.2 Å². The standard InChI is InChI=1S/C13H12F3NO3.C11H8F3NO3/c1-2-19-12(18)9-6-7-5-8(17)3-4-10(7)20-11(9)13(14,15)16;12-11(13,14)9-7(10(16)17)4-5-3-6(15)1-2-8(5)18-9/h3-6,11H,2,17H2,1H3;1-4,9H,15H2,(H,16,17). The average Bonchev–Trinajstić information content (AvgIpc) is 2.81. The van der Waals surface area contributed by atoms with Crippen LogP contribution >= 0.6 is 0 Å². The summed E-state index contributed by atoms with van der Waals surface area (Å²) in [6, 6.07) is 8.20. The summed E-state index contributed by atoms with van der Waals surface area (Å²) < 4.78 is 91.1. The quantitative estimate of drug-likeness (QED) is 0.289. The number of carbonyl (C=O) groups is 2. The van der Waals surface area contributed by atoms with Crippen LogP contribution in [0.4, 0.5) is 37.7 Å². The summed E-state index contributed by atoms with van der Waals surface area (Å²) in [7, 11) is 0. The summed E-state index contributed by atoms with van der Waals surface area (Å²) in [6.07, 6.45) is -12.3. The van der Waals surface area contributed by atoms with Gasteiger partial charge in [0.1, 0.15) is 11.5 Å². The summed E-state index contributed by atoms with van der Waals surface area (Å²) in [5.41, 5.74) is 10.8. The molecule has 2 unspecified atom stereocenters. The lowest BCUT2D eigenvalue weighted by molar-refractivity contribution is -0.187. The second-order valence-electron chi connectivity index (χ2n) is 7.90. The van der Waals surface area contributed by atoms with Crippen molar-refractivity contribution in [1.29, 1.82) is 0 Å². The molecule has 0 aliphatic carbocycles. The number of carboxylic acid groups (broad SMARTS) is 1. The highest BCUT2D eigenvalue weighted by atomic mass is 19.4. The molecule has 2 heterocycles. The molecule has 0 amide bonds. The van der Waals surface area contributed by atoms with Gasteiger partial charge in [-0.1, -0.05) is 0 Å². The van der Waals surface area contributed by atoms with E-state index in [2.05, 4.69) is 4.74 Å². The maximum absolute atomic E-state index is 13.0. The fourth-order valence-corrected chi connectivity index (χ4v) is 3.48. The number of rotatable bonds is 3. The van der Waals surface area contributed by atoms with Crippen LogP contribution < -0.4 is 20.9 Å². The zero-order chi connectivity index (χ0) is 28.4.